The van der Waals surface area contributed by atoms with Crippen molar-refractivity contribution in [3.63, 3.8) is 0 Å². The minimum Gasteiger partial charge on any atom is -0.321 e. The normalized spacial score (nSPS) is 26.7. The van der Waals surface area contributed by atoms with Gasteiger partial charge in [0.2, 0.25) is 0 Å². The Bertz CT molecular complexity index is 527. The topological polar surface area (TPSA) is 26.0 Å². The zero-order valence-electron chi connectivity index (χ0n) is 10.1. The van der Waals surface area contributed by atoms with Gasteiger partial charge >= 0.3 is 0 Å². The molecule has 0 amide bonds. The van der Waals surface area contributed by atoms with Gasteiger partial charge in [-0.05, 0) is 42.0 Å². The Morgan fingerprint density at radius 3 is 2.17 bits per heavy atom. The van der Waals surface area contributed by atoms with Crippen LogP contribution in [0.2, 0.25) is 5.02 Å². The molecule has 1 nitrogen and oxygen atoms in total. The van der Waals surface area contributed by atoms with Crippen molar-refractivity contribution in [2.24, 2.45) is 5.73 Å². The lowest BCUT2D eigenvalue weighted by atomic mass is 9.63. The van der Waals surface area contributed by atoms with Gasteiger partial charge in [0, 0.05) is 10.6 Å². The van der Waals surface area contributed by atoms with E-state index in [9.17, 15) is 0 Å². The molecular weight excluding hydrogens is 242 g/mol. The van der Waals surface area contributed by atoms with E-state index in [-0.39, 0.29) is 5.54 Å². The van der Waals surface area contributed by atoms with Crippen molar-refractivity contribution in [1.82, 2.24) is 0 Å². The van der Waals surface area contributed by atoms with Gasteiger partial charge in [-0.2, -0.15) is 0 Å². The van der Waals surface area contributed by atoms with E-state index in [1.54, 1.807) is 0 Å². The van der Waals surface area contributed by atoms with Crippen LogP contribution in [0.15, 0.2) is 54.6 Å². The summed E-state index contributed by atoms with van der Waals surface area (Å²) >= 11 is 5.91. The van der Waals surface area contributed by atoms with Gasteiger partial charge in [-0.25, -0.2) is 0 Å². The molecule has 2 aromatic carbocycles. The number of nitrogens with two attached hydrogens (primary N) is 1. The number of halogens is 1. The van der Waals surface area contributed by atoms with Crippen LogP contribution in [-0.4, -0.2) is 0 Å². The molecule has 0 bridgehead atoms. The van der Waals surface area contributed by atoms with E-state index in [0.29, 0.717) is 5.92 Å². The molecule has 3 rings (SSSR count). The van der Waals surface area contributed by atoms with Gasteiger partial charge in [-0.15, -0.1) is 0 Å². The largest absolute Gasteiger partial charge is 0.321 e. The monoisotopic (exact) mass is 257 g/mol. The van der Waals surface area contributed by atoms with Gasteiger partial charge in [0.1, 0.15) is 0 Å². The third-order valence-corrected chi connectivity index (χ3v) is 4.16. The number of hydrogen-bond acceptors (Lipinski definition) is 1. The first-order valence-corrected chi connectivity index (χ1v) is 6.65. The summed E-state index contributed by atoms with van der Waals surface area (Å²) in [7, 11) is 0. The minimum atomic E-state index is -0.175. The summed E-state index contributed by atoms with van der Waals surface area (Å²) in [5.74, 6) is 0.590. The van der Waals surface area contributed by atoms with Gasteiger partial charge in [0.15, 0.2) is 0 Å². The Hall–Kier alpha value is -1.31. The summed E-state index contributed by atoms with van der Waals surface area (Å²) < 4.78 is 0. The molecule has 2 heteroatoms. The summed E-state index contributed by atoms with van der Waals surface area (Å²) in [4.78, 5) is 0. The van der Waals surface area contributed by atoms with Crippen LogP contribution >= 0.6 is 11.6 Å². The molecule has 2 N–H and O–H groups in total. The molecule has 0 saturated heterocycles. The first kappa shape index (κ1) is 11.8. The fourth-order valence-corrected chi connectivity index (χ4v) is 2.92. The average Bonchev–Trinajstić information content (AvgIpc) is 2.37. The van der Waals surface area contributed by atoms with Crippen LogP contribution in [0.5, 0.6) is 0 Å². The first-order valence-electron chi connectivity index (χ1n) is 6.27. The van der Waals surface area contributed by atoms with Crippen molar-refractivity contribution in [3.8, 4) is 0 Å². The highest BCUT2D eigenvalue weighted by Gasteiger charge is 2.42. The third kappa shape index (κ3) is 2.05. The maximum Gasteiger partial charge on any atom is 0.0421 e. The Balaban J connectivity index is 1.76. The molecule has 0 aliphatic heterocycles. The van der Waals surface area contributed by atoms with Crippen molar-refractivity contribution >= 4 is 11.6 Å². The van der Waals surface area contributed by atoms with E-state index < -0.39 is 0 Å². The molecule has 2 aromatic rings. The third-order valence-electron chi connectivity index (χ3n) is 3.91. The van der Waals surface area contributed by atoms with Crippen LogP contribution < -0.4 is 5.73 Å². The maximum absolute atomic E-state index is 6.46. The molecule has 0 aromatic heterocycles. The van der Waals surface area contributed by atoms with E-state index in [1.165, 1.54) is 11.1 Å². The number of rotatable bonds is 2. The summed E-state index contributed by atoms with van der Waals surface area (Å²) in [6.07, 6.45) is 2.03. The zero-order chi connectivity index (χ0) is 12.6. The number of benzene rings is 2. The number of hydrogen-bond donors (Lipinski definition) is 1. The molecule has 0 unspecified atom stereocenters. The van der Waals surface area contributed by atoms with Crippen LogP contribution in [0.25, 0.3) is 0 Å². The molecule has 0 spiro atoms. The molecular formula is C16H16ClN. The Kier molecular flexibility index (Phi) is 2.89. The fourth-order valence-electron chi connectivity index (χ4n) is 2.80. The molecule has 0 atom stereocenters. The van der Waals surface area contributed by atoms with Crippen LogP contribution in [0, 0.1) is 0 Å². The Labute approximate surface area is 113 Å². The summed E-state index contributed by atoms with van der Waals surface area (Å²) in [6, 6.07) is 18.5. The SMILES string of the molecule is NC1(c2ccc(Cl)cc2)CC(c2ccccc2)C1. The van der Waals surface area contributed by atoms with Crippen LogP contribution in [0.3, 0.4) is 0 Å². The highest BCUT2D eigenvalue weighted by Crippen LogP contribution is 2.49. The zero-order valence-corrected chi connectivity index (χ0v) is 10.9. The highest BCUT2D eigenvalue weighted by molar-refractivity contribution is 6.30. The standard InChI is InChI=1S/C16H16ClN/c17-15-8-6-14(7-9-15)16(18)10-13(11-16)12-4-2-1-3-5-12/h1-9,13H,10-11,18H2. The van der Waals surface area contributed by atoms with E-state index in [0.717, 1.165) is 17.9 Å². The Morgan fingerprint density at radius 2 is 1.56 bits per heavy atom. The summed E-state index contributed by atoms with van der Waals surface area (Å²) in [6.45, 7) is 0. The summed E-state index contributed by atoms with van der Waals surface area (Å²) in [5, 5.41) is 0.765. The molecule has 1 saturated carbocycles. The molecule has 1 aliphatic carbocycles. The molecule has 92 valence electrons. The van der Waals surface area contributed by atoms with E-state index in [2.05, 4.69) is 30.3 Å². The molecule has 0 heterocycles. The van der Waals surface area contributed by atoms with E-state index >= 15 is 0 Å². The molecule has 0 radical (unpaired) electrons. The highest BCUT2D eigenvalue weighted by atomic mass is 35.5. The van der Waals surface area contributed by atoms with Crippen molar-refractivity contribution in [3.05, 3.63) is 70.7 Å². The lowest BCUT2D eigenvalue weighted by molar-refractivity contribution is 0.209. The van der Waals surface area contributed by atoms with Crippen molar-refractivity contribution < 1.29 is 0 Å². The van der Waals surface area contributed by atoms with Crippen molar-refractivity contribution in [2.45, 2.75) is 24.3 Å². The van der Waals surface area contributed by atoms with E-state index in [1.807, 2.05) is 24.3 Å². The molecule has 1 fully saturated rings. The van der Waals surface area contributed by atoms with Gasteiger partial charge < -0.3 is 5.73 Å². The van der Waals surface area contributed by atoms with Crippen LogP contribution in [-0.2, 0) is 5.54 Å². The Morgan fingerprint density at radius 1 is 0.944 bits per heavy atom. The van der Waals surface area contributed by atoms with Gasteiger partial charge in [-0.1, -0.05) is 54.1 Å². The predicted octanol–water partition coefficient (Wildman–Crippen LogP) is 4.07. The maximum atomic E-state index is 6.46. The lowest BCUT2D eigenvalue weighted by Gasteiger charge is -2.45. The second kappa shape index (κ2) is 4.42. The van der Waals surface area contributed by atoms with E-state index in [4.69, 9.17) is 17.3 Å². The van der Waals surface area contributed by atoms with Gasteiger partial charge in [-0.3, -0.25) is 0 Å². The van der Waals surface area contributed by atoms with Crippen LogP contribution in [0.4, 0.5) is 0 Å². The van der Waals surface area contributed by atoms with Crippen molar-refractivity contribution in [1.29, 1.82) is 0 Å². The van der Waals surface area contributed by atoms with Gasteiger partial charge in [0.25, 0.3) is 0 Å². The smallest absolute Gasteiger partial charge is 0.0421 e. The fraction of sp³-hybridized carbons (Fsp3) is 0.250. The first-order chi connectivity index (χ1) is 8.67. The average molecular weight is 258 g/mol. The molecule has 1 aliphatic rings. The minimum absolute atomic E-state index is 0.175. The quantitative estimate of drug-likeness (QED) is 0.862. The predicted molar refractivity (Wildman–Crippen MR) is 75.7 cm³/mol. The second-order valence-electron chi connectivity index (χ2n) is 5.18. The van der Waals surface area contributed by atoms with Crippen LogP contribution in [0.1, 0.15) is 29.9 Å². The van der Waals surface area contributed by atoms with Gasteiger partial charge in [0.05, 0.1) is 0 Å². The second-order valence-corrected chi connectivity index (χ2v) is 5.62. The lowest BCUT2D eigenvalue weighted by Crippen LogP contribution is -2.47. The summed E-state index contributed by atoms with van der Waals surface area (Å²) in [5.41, 5.74) is 8.87. The van der Waals surface area contributed by atoms with Crippen molar-refractivity contribution in [2.75, 3.05) is 0 Å². The molecule has 18 heavy (non-hydrogen) atoms.